The van der Waals surface area contributed by atoms with Gasteiger partial charge in [0, 0.05) is 33.1 Å². The van der Waals surface area contributed by atoms with Gasteiger partial charge < -0.3 is 25.3 Å². The predicted octanol–water partition coefficient (Wildman–Crippen LogP) is -0.916. The van der Waals surface area contributed by atoms with Gasteiger partial charge in [-0.3, -0.25) is 4.79 Å². The number of aliphatic hydroxyl groups is 1. The number of urea groups is 1. The van der Waals surface area contributed by atoms with Gasteiger partial charge in [-0.1, -0.05) is 0 Å². The summed E-state index contributed by atoms with van der Waals surface area (Å²) in [5.41, 5.74) is -0.651. The molecule has 0 radical (unpaired) electrons. The number of carbonyl (C=O) groups is 3. The van der Waals surface area contributed by atoms with Crippen LogP contribution < -0.4 is 5.32 Å². The van der Waals surface area contributed by atoms with Crippen molar-refractivity contribution in [2.45, 2.75) is 31.9 Å². The average molecular weight is 299 g/mol. The highest BCUT2D eigenvalue weighted by Crippen LogP contribution is 2.32. The fraction of sp³-hybridized carbons (Fsp3) is 0.769. The summed E-state index contributed by atoms with van der Waals surface area (Å²) >= 11 is 0. The van der Waals surface area contributed by atoms with Crippen molar-refractivity contribution >= 4 is 17.9 Å². The zero-order valence-electron chi connectivity index (χ0n) is 12.2. The van der Waals surface area contributed by atoms with E-state index in [1.165, 1.54) is 9.80 Å². The first-order chi connectivity index (χ1) is 9.78. The quantitative estimate of drug-likeness (QED) is 0.611. The molecule has 2 rings (SSSR count). The van der Waals surface area contributed by atoms with E-state index in [1.807, 2.05) is 0 Å². The van der Waals surface area contributed by atoms with Gasteiger partial charge in [-0.15, -0.1) is 0 Å². The summed E-state index contributed by atoms with van der Waals surface area (Å²) in [5.74, 6) is -1.25. The Balaban J connectivity index is 2.08. The van der Waals surface area contributed by atoms with Crippen LogP contribution in [0, 0.1) is 5.41 Å². The fourth-order valence-electron chi connectivity index (χ4n) is 3.05. The molecule has 0 aromatic carbocycles. The molecule has 0 aromatic heterocycles. The number of amides is 3. The van der Waals surface area contributed by atoms with Crippen LogP contribution in [-0.2, 0) is 9.59 Å². The first-order valence-corrected chi connectivity index (χ1v) is 6.97. The summed E-state index contributed by atoms with van der Waals surface area (Å²) in [6, 6.07) is -1.43. The van der Waals surface area contributed by atoms with E-state index in [0.717, 1.165) is 0 Å². The summed E-state index contributed by atoms with van der Waals surface area (Å²) in [7, 11) is 1.55. The van der Waals surface area contributed by atoms with Gasteiger partial charge in [0.05, 0.1) is 11.5 Å². The number of nitrogens with zero attached hydrogens (tertiary/aromatic N) is 2. The topological polar surface area (TPSA) is 110 Å². The van der Waals surface area contributed by atoms with Gasteiger partial charge >= 0.3 is 12.0 Å². The Bertz CT molecular complexity index is 469. The van der Waals surface area contributed by atoms with Crippen LogP contribution in [0.4, 0.5) is 4.79 Å². The van der Waals surface area contributed by atoms with Gasteiger partial charge in [0.2, 0.25) is 5.91 Å². The van der Waals surface area contributed by atoms with Crippen LogP contribution in [-0.4, -0.2) is 76.7 Å². The Kier molecular flexibility index (Phi) is 4.08. The molecular formula is C13H21N3O5. The molecule has 2 heterocycles. The lowest BCUT2D eigenvalue weighted by Crippen LogP contribution is -2.48. The van der Waals surface area contributed by atoms with Gasteiger partial charge in [-0.25, -0.2) is 9.59 Å². The molecule has 0 saturated carbocycles. The first kappa shape index (κ1) is 15.6. The van der Waals surface area contributed by atoms with Crippen LogP contribution in [0.15, 0.2) is 0 Å². The van der Waals surface area contributed by atoms with Gasteiger partial charge in [-0.05, 0) is 13.3 Å². The Hall–Kier alpha value is -1.83. The third-order valence-corrected chi connectivity index (χ3v) is 4.33. The molecule has 3 amide bonds. The number of carbonyl (C=O) groups excluding carboxylic acids is 2. The van der Waals surface area contributed by atoms with E-state index in [1.54, 1.807) is 14.0 Å². The highest BCUT2D eigenvalue weighted by molar-refractivity contribution is 5.86. The zero-order valence-corrected chi connectivity index (χ0v) is 12.2. The van der Waals surface area contributed by atoms with E-state index in [4.69, 9.17) is 5.11 Å². The van der Waals surface area contributed by atoms with Crippen LogP contribution in [0.3, 0.4) is 0 Å². The van der Waals surface area contributed by atoms with E-state index in [9.17, 15) is 19.5 Å². The maximum absolute atomic E-state index is 12.5. The molecule has 3 atom stereocenters. The smallest absolute Gasteiger partial charge is 0.326 e. The average Bonchev–Trinajstić information content (AvgIpc) is 3.01. The van der Waals surface area contributed by atoms with E-state index in [0.29, 0.717) is 13.0 Å². The minimum Gasteiger partial charge on any atom is -0.480 e. The molecule has 0 aliphatic carbocycles. The molecule has 0 spiro atoms. The van der Waals surface area contributed by atoms with Crippen molar-refractivity contribution in [3.63, 3.8) is 0 Å². The van der Waals surface area contributed by atoms with E-state index in [-0.39, 0.29) is 25.4 Å². The van der Waals surface area contributed by atoms with Crippen LogP contribution in [0.2, 0.25) is 0 Å². The first-order valence-electron chi connectivity index (χ1n) is 6.97. The third-order valence-electron chi connectivity index (χ3n) is 4.33. The third kappa shape index (κ3) is 2.80. The second-order valence-electron chi connectivity index (χ2n) is 5.99. The van der Waals surface area contributed by atoms with Gasteiger partial charge in [0.15, 0.2) is 0 Å². The number of hydrogen-bond acceptors (Lipinski definition) is 4. The van der Waals surface area contributed by atoms with Crippen LogP contribution in [0.1, 0.15) is 19.8 Å². The maximum Gasteiger partial charge on any atom is 0.326 e. The zero-order chi connectivity index (χ0) is 15.8. The molecule has 0 bridgehead atoms. The summed E-state index contributed by atoms with van der Waals surface area (Å²) in [4.78, 5) is 38.1. The number of likely N-dealkylation sites (tertiary alicyclic amines) is 2. The second-order valence-corrected chi connectivity index (χ2v) is 5.99. The highest BCUT2D eigenvalue weighted by Gasteiger charge is 2.46. The number of carboxylic acids is 1. The minimum atomic E-state index is -1.12. The lowest BCUT2D eigenvalue weighted by atomic mass is 9.89. The molecule has 2 aliphatic rings. The number of hydrogen-bond donors (Lipinski definition) is 3. The molecular weight excluding hydrogens is 278 g/mol. The summed E-state index contributed by atoms with van der Waals surface area (Å²) in [5, 5.41) is 21.3. The van der Waals surface area contributed by atoms with E-state index >= 15 is 0 Å². The molecule has 0 aromatic rings. The van der Waals surface area contributed by atoms with Crippen LogP contribution >= 0.6 is 0 Å². The summed E-state index contributed by atoms with van der Waals surface area (Å²) < 4.78 is 0. The number of β-amino-alcohol motifs (C(OH)–C–C–N with tert-alkyl or cyclic N) is 1. The molecule has 2 fully saturated rings. The Morgan fingerprint density at radius 3 is 2.57 bits per heavy atom. The number of aliphatic carboxylic acids is 1. The summed E-state index contributed by atoms with van der Waals surface area (Å²) in [6.45, 7) is 2.46. The number of rotatable bonds is 2. The maximum atomic E-state index is 12.5. The van der Waals surface area contributed by atoms with E-state index < -0.39 is 29.6 Å². The molecule has 2 aliphatic heterocycles. The normalized spacial score (nSPS) is 32.3. The molecule has 2 saturated heterocycles. The SMILES string of the molecule is CNC(=O)C1(C)CCN(C(=O)N2C[C@H](O)C[C@H]2C(=O)O)C1. The lowest BCUT2D eigenvalue weighted by molar-refractivity contribution is -0.141. The number of aliphatic hydroxyl groups excluding tert-OH is 1. The minimum absolute atomic E-state index is 0.0169. The molecule has 118 valence electrons. The van der Waals surface area contributed by atoms with Gasteiger partial charge in [-0.2, -0.15) is 0 Å². The van der Waals surface area contributed by atoms with Crippen molar-refractivity contribution in [1.82, 2.24) is 15.1 Å². The summed E-state index contributed by atoms with van der Waals surface area (Å²) in [6.07, 6.45) is -0.239. The van der Waals surface area contributed by atoms with Crippen molar-refractivity contribution in [2.75, 3.05) is 26.7 Å². The second kappa shape index (κ2) is 5.51. The number of carboxylic acid groups (broad SMARTS) is 1. The molecule has 21 heavy (non-hydrogen) atoms. The Labute approximate surface area is 122 Å². The molecule has 8 nitrogen and oxygen atoms in total. The van der Waals surface area contributed by atoms with Crippen molar-refractivity contribution in [3.05, 3.63) is 0 Å². The monoisotopic (exact) mass is 299 g/mol. The van der Waals surface area contributed by atoms with Gasteiger partial charge in [0.25, 0.3) is 0 Å². The molecule has 3 N–H and O–H groups in total. The molecule has 1 unspecified atom stereocenters. The fourth-order valence-corrected chi connectivity index (χ4v) is 3.05. The van der Waals surface area contributed by atoms with E-state index in [2.05, 4.69) is 5.32 Å². The Morgan fingerprint density at radius 1 is 1.33 bits per heavy atom. The largest absolute Gasteiger partial charge is 0.480 e. The lowest BCUT2D eigenvalue weighted by Gasteiger charge is -2.28. The molecule has 8 heteroatoms. The van der Waals surface area contributed by atoms with Crippen molar-refractivity contribution in [1.29, 1.82) is 0 Å². The van der Waals surface area contributed by atoms with Crippen molar-refractivity contribution in [2.24, 2.45) is 5.41 Å². The van der Waals surface area contributed by atoms with Crippen LogP contribution in [0.25, 0.3) is 0 Å². The van der Waals surface area contributed by atoms with Crippen molar-refractivity contribution < 1.29 is 24.6 Å². The van der Waals surface area contributed by atoms with Crippen molar-refractivity contribution in [3.8, 4) is 0 Å². The Morgan fingerprint density at radius 2 is 2.00 bits per heavy atom. The number of nitrogens with one attached hydrogen (secondary N) is 1. The standard InChI is InChI=1S/C13H21N3O5/c1-13(11(20)14-2)3-4-15(7-13)12(21)16-6-8(17)5-9(16)10(18)19/h8-9,17H,3-7H2,1-2H3,(H,14,20)(H,18,19)/t8-,9+,13?/m1/s1. The van der Waals surface area contributed by atoms with Gasteiger partial charge in [0.1, 0.15) is 6.04 Å². The van der Waals surface area contributed by atoms with Crippen LogP contribution in [0.5, 0.6) is 0 Å². The highest BCUT2D eigenvalue weighted by atomic mass is 16.4. The predicted molar refractivity (Wildman–Crippen MR) is 72.5 cm³/mol.